The van der Waals surface area contributed by atoms with E-state index in [1.807, 2.05) is 37.3 Å². The molecule has 11 heteroatoms. The maximum Gasteiger partial charge on any atom is 0.326 e. The summed E-state index contributed by atoms with van der Waals surface area (Å²) in [6, 6.07) is 16.7. The second kappa shape index (κ2) is 12.5. The van der Waals surface area contributed by atoms with Crippen LogP contribution in [0.3, 0.4) is 0 Å². The van der Waals surface area contributed by atoms with Crippen LogP contribution in [-0.4, -0.2) is 44.4 Å². The van der Waals surface area contributed by atoms with Crippen LogP contribution in [0, 0.1) is 0 Å². The normalized spacial score (nSPS) is 14.9. The molecule has 0 aliphatic carbocycles. The number of sulfone groups is 1. The molecule has 2 unspecified atom stereocenters. The van der Waals surface area contributed by atoms with E-state index in [0.717, 1.165) is 11.6 Å². The molecule has 3 atom stereocenters. The third-order valence-electron chi connectivity index (χ3n) is 6.12. The number of allylic oxidation sites excluding steroid dienone is 1. The highest BCUT2D eigenvalue weighted by atomic mass is 35.5. The van der Waals surface area contributed by atoms with Crippen molar-refractivity contribution in [2.75, 3.05) is 12.9 Å². The number of rotatable bonds is 10. The fraction of sp³-hybridized carbons (Fsp3) is 0.214. The van der Waals surface area contributed by atoms with Crippen molar-refractivity contribution in [3.8, 4) is 0 Å². The summed E-state index contributed by atoms with van der Waals surface area (Å²) >= 11 is 12.8. The Morgan fingerprint density at radius 1 is 1.03 bits per heavy atom. The van der Waals surface area contributed by atoms with Crippen molar-refractivity contribution < 1.29 is 27.7 Å². The Morgan fingerprint density at radius 3 is 2.21 bits per heavy atom. The van der Waals surface area contributed by atoms with Crippen LogP contribution >= 0.6 is 30.3 Å². The third-order valence-corrected chi connectivity index (χ3v) is 9.89. The van der Waals surface area contributed by atoms with E-state index in [0.29, 0.717) is 11.1 Å². The molecule has 0 fully saturated rings. The molecule has 0 aromatic heterocycles. The molecule has 0 spiro atoms. The van der Waals surface area contributed by atoms with Gasteiger partial charge in [-0.1, -0.05) is 78.7 Å². The Kier molecular flexibility index (Phi) is 9.83. The number of amides is 1. The Morgan fingerprint density at radius 2 is 1.64 bits per heavy atom. The van der Waals surface area contributed by atoms with Crippen LogP contribution in [0.1, 0.15) is 34.3 Å². The van der Waals surface area contributed by atoms with Crippen molar-refractivity contribution in [3.05, 3.63) is 105 Å². The number of carboxylic acid groups (broad SMARTS) is 1. The van der Waals surface area contributed by atoms with Gasteiger partial charge in [0.2, 0.25) is 0 Å². The van der Waals surface area contributed by atoms with Crippen molar-refractivity contribution in [2.24, 2.45) is 0 Å². The summed E-state index contributed by atoms with van der Waals surface area (Å²) in [6.45, 7) is 3.55. The van der Waals surface area contributed by atoms with E-state index < -0.39 is 34.9 Å². The van der Waals surface area contributed by atoms with E-state index in [4.69, 9.17) is 23.2 Å². The number of carbonyl (C=O) groups excluding carboxylic acids is 1. The molecule has 7 nitrogen and oxygen atoms in total. The second-order valence-electron chi connectivity index (χ2n) is 9.30. The van der Waals surface area contributed by atoms with E-state index in [9.17, 15) is 27.7 Å². The van der Waals surface area contributed by atoms with Crippen molar-refractivity contribution >= 4 is 57.4 Å². The average Bonchev–Trinajstić information content (AvgIpc) is 2.86. The molecule has 3 rings (SSSR count). The molecule has 0 radical (unpaired) electrons. The van der Waals surface area contributed by atoms with Crippen molar-refractivity contribution in [3.63, 3.8) is 0 Å². The molecular weight excluding hydrogens is 580 g/mol. The zero-order valence-corrected chi connectivity index (χ0v) is 24.7. The van der Waals surface area contributed by atoms with E-state index in [2.05, 4.69) is 5.32 Å². The van der Waals surface area contributed by atoms with Gasteiger partial charge in [0.05, 0.1) is 20.5 Å². The van der Waals surface area contributed by atoms with Gasteiger partial charge in [-0.15, -0.1) is 0 Å². The fourth-order valence-electron chi connectivity index (χ4n) is 3.86. The molecule has 3 aromatic carbocycles. The smallest absolute Gasteiger partial charge is 0.326 e. The molecular formula is C28H28Cl2NO6PS. The number of nitrogens with one attached hydrogen (secondary N) is 1. The molecule has 0 saturated heterocycles. The van der Waals surface area contributed by atoms with Gasteiger partial charge in [-0.25, -0.2) is 13.2 Å². The number of carbonyl (C=O) groups is 2. The van der Waals surface area contributed by atoms with Crippen molar-refractivity contribution in [1.82, 2.24) is 5.32 Å². The first-order valence-electron chi connectivity index (χ1n) is 11.8. The second-order valence-corrected chi connectivity index (χ2v) is 14.9. The maximum atomic E-state index is 13.1. The third kappa shape index (κ3) is 8.05. The number of hydrogen-bond acceptors (Lipinski definition) is 5. The van der Waals surface area contributed by atoms with Gasteiger partial charge in [-0.05, 0) is 53.8 Å². The van der Waals surface area contributed by atoms with Crippen LogP contribution in [0.4, 0.5) is 0 Å². The van der Waals surface area contributed by atoms with Crippen molar-refractivity contribution in [1.29, 1.82) is 0 Å². The molecule has 0 aliphatic heterocycles. The summed E-state index contributed by atoms with van der Waals surface area (Å²) in [7, 11) is -6.22. The Balaban J connectivity index is 1.79. The van der Waals surface area contributed by atoms with E-state index in [-0.39, 0.29) is 32.8 Å². The number of benzene rings is 3. The van der Waals surface area contributed by atoms with Gasteiger partial charge < -0.3 is 15.0 Å². The quantitative estimate of drug-likeness (QED) is 0.283. The maximum absolute atomic E-state index is 13.1. The number of carboxylic acids is 1. The number of halogens is 2. The summed E-state index contributed by atoms with van der Waals surface area (Å²) in [5, 5.41) is 12.9. The van der Waals surface area contributed by atoms with Gasteiger partial charge >= 0.3 is 5.97 Å². The summed E-state index contributed by atoms with van der Waals surface area (Å²) in [4.78, 5) is 25.0. The minimum atomic E-state index is -3.49. The summed E-state index contributed by atoms with van der Waals surface area (Å²) < 4.78 is 36.8. The highest BCUT2D eigenvalue weighted by Gasteiger charge is 2.25. The predicted octanol–water partition coefficient (Wildman–Crippen LogP) is 5.76. The largest absolute Gasteiger partial charge is 0.480 e. The topological polar surface area (TPSA) is 118 Å². The molecule has 206 valence electrons. The Labute approximate surface area is 238 Å². The number of aliphatic carboxylic acids is 1. The minimum absolute atomic E-state index is 0.0289. The van der Waals surface area contributed by atoms with Crippen LogP contribution < -0.4 is 10.6 Å². The van der Waals surface area contributed by atoms with Crippen LogP contribution in [0.5, 0.6) is 0 Å². The molecule has 0 saturated carbocycles. The zero-order valence-electron chi connectivity index (χ0n) is 21.5. The molecule has 2 N–H and O–H groups in total. The number of hydrogen-bond donors (Lipinski definition) is 2. The standard InChI is InChI=1S/C28H28Cl2NO6PS/c1-18(12-13-38(2,35)21-9-5-4-6-10-21)20-16-23(29)26(24(30)17-20)27(32)31-25(28(33)34)15-19-8-7-11-22(14-19)39(3,36)37/h4-14,16-18,25H,15H2,1-3H3,(H,31,32)(H,33,34)/b13-12+/t18?,25-,38?/m0/s1. The first kappa shape index (κ1) is 30.6. The van der Waals surface area contributed by atoms with Gasteiger partial charge in [0.25, 0.3) is 5.91 Å². The summed E-state index contributed by atoms with van der Waals surface area (Å²) in [5.41, 5.74) is 1.01. The average molecular weight is 608 g/mol. The summed E-state index contributed by atoms with van der Waals surface area (Å²) in [5.74, 6) is -0.652. The van der Waals surface area contributed by atoms with E-state index in [1.54, 1.807) is 36.8 Å². The Hall–Kier alpha value is -2.90. The molecule has 39 heavy (non-hydrogen) atoms. The highest BCUT2D eigenvalue weighted by Crippen LogP contribution is 2.42. The molecule has 0 aliphatic rings. The fourth-order valence-corrected chi connectivity index (χ4v) is 6.75. The zero-order chi connectivity index (χ0) is 29.0. The lowest BCUT2D eigenvalue weighted by atomic mass is 9.99. The lowest BCUT2D eigenvalue weighted by Crippen LogP contribution is -2.42. The van der Waals surface area contributed by atoms with E-state index >= 15 is 0 Å². The summed E-state index contributed by atoms with van der Waals surface area (Å²) in [6.07, 6.45) is 2.69. The van der Waals surface area contributed by atoms with Crippen LogP contribution in [0.15, 0.2) is 83.5 Å². The highest BCUT2D eigenvalue weighted by molar-refractivity contribution is 7.90. The SMILES string of the molecule is CC(/C=C/P(C)(=O)c1ccccc1)c1cc(Cl)c(C(=O)N[C@@H](Cc2cccc(S(C)(=O)=O)c2)C(=O)O)c(Cl)c1. The van der Waals surface area contributed by atoms with Crippen molar-refractivity contribution in [2.45, 2.75) is 30.2 Å². The molecule has 1 amide bonds. The lowest BCUT2D eigenvalue weighted by Gasteiger charge is -2.17. The van der Waals surface area contributed by atoms with Gasteiger partial charge in [-0.3, -0.25) is 4.79 Å². The predicted molar refractivity (Wildman–Crippen MR) is 156 cm³/mol. The van der Waals surface area contributed by atoms with Crippen LogP contribution in [0.25, 0.3) is 0 Å². The molecule has 3 aromatic rings. The first-order valence-corrected chi connectivity index (χ1v) is 16.7. The van der Waals surface area contributed by atoms with Crippen LogP contribution in [0.2, 0.25) is 10.0 Å². The van der Waals surface area contributed by atoms with Gasteiger partial charge in [0.15, 0.2) is 9.84 Å². The van der Waals surface area contributed by atoms with E-state index in [1.165, 1.54) is 18.2 Å². The molecule has 0 bridgehead atoms. The minimum Gasteiger partial charge on any atom is -0.480 e. The van der Waals surface area contributed by atoms with Gasteiger partial charge in [0, 0.05) is 18.0 Å². The van der Waals surface area contributed by atoms with Gasteiger partial charge in [0.1, 0.15) is 13.2 Å². The van der Waals surface area contributed by atoms with Gasteiger partial charge in [-0.2, -0.15) is 0 Å². The lowest BCUT2D eigenvalue weighted by molar-refractivity contribution is -0.139. The Bertz CT molecular complexity index is 1550. The molecule has 0 heterocycles. The monoisotopic (exact) mass is 607 g/mol. The van der Waals surface area contributed by atoms with Crippen LogP contribution in [-0.2, 0) is 25.6 Å². The first-order chi connectivity index (χ1) is 18.2.